The number of alkyl carbamates (subject to hydrolysis) is 1. The fourth-order valence-corrected chi connectivity index (χ4v) is 2.28. The topological polar surface area (TPSA) is 56.8 Å². The van der Waals surface area contributed by atoms with E-state index in [2.05, 4.69) is 5.32 Å². The molecule has 1 aliphatic rings. The van der Waals surface area contributed by atoms with Crippen LogP contribution in [0.5, 0.6) is 11.5 Å². The van der Waals surface area contributed by atoms with Crippen molar-refractivity contribution >= 4 is 6.09 Å². The quantitative estimate of drug-likeness (QED) is 0.926. The van der Waals surface area contributed by atoms with Crippen LogP contribution >= 0.6 is 0 Å². The van der Waals surface area contributed by atoms with Crippen molar-refractivity contribution < 1.29 is 23.4 Å². The van der Waals surface area contributed by atoms with Gasteiger partial charge in [0.1, 0.15) is 12.4 Å². The Bertz CT molecular complexity index is 530. The van der Waals surface area contributed by atoms with Gasteiger partial charge < -0.3 is 19.5 Å². The number of cyclic esters (lactones) is 1. The number of benzene rings is 1. The maximum Gasteiger partial charge on any atom is 0.407 e. The van der Waals surface area contributed by atoms with Gasteiger partial charge in [0, 0.05) is 17.0 Å². The molecule has 1 saturated heterocycles. The second kappa shape index (κ2) is 5.19. The first-order valence-electron chi connectivity index (χ1n) is 6.23. The van der Waals surface area contributed by atoms with Gasteiger partial charge in [-0.25, -0.2) is 9.18 Å². The van der Waals surface area contributed by atoms with E-state index in [9.17, 15) is 9.18 Å². The molecule has 1 fully saturated rings. The Kier molecular flexibility index (Phi) is 3.74. The number of ether oxygens (including phenoxy) is 3. The largest absolute Gasteiger partial charge is 0.493 e. The van der Waals surface area contributed by atoms with E-state index in [-0.39, 0.29) is 6.61 Å². The molecule has 2 rings (SSSR count). The van der Waals surface area contributed by atoms with Crippen molar-refractivity contribution in [2.45, 2.75) is 19.9 Å². The van der Waals surface area contributed by atoms with E-state index in [0.717, 1.165) is 0 Å². The summed E-state index contributed by atoms with van der Waals surface area (Å²) < 4.78 is 29.5. The van der Waals surface area contributed by atoms with E-state index in [0.29, 0.717) is 17.1 Å². The van der Waals surface area contributed by atoms with Gasteiger partial charge in [-0.1, -0.05) is 13.8 Å². The van der Waals surface area contributed by atoms with Crippen molar-refractivity contribution in [1.29, 1.82) is 0 Å². The number of carbonyl (C=O) groups is 1. The zero-order valence-electron chi connectivity index (χ0n) is 12.0. The molecule has 6 heteroatoms. The van der Waals surface area contributed by atoms with Crippen LogP contribution in [0, 0.1) is 11.2 Å². The summed E-state index contributed by atoms with van der Waals surface area (Å²) in [5, 5.41) is 2.66. The van der Waals surface area contributed by atoms with Crippen LogP contribution in [0.25, 0.3) is 0 Å². The molecular formula is C14H18FNO4. The molecule has 1 atom stereocenters. The lowest BCUT2D eigenvalue weighted by molar-refractivity contribution is 0.0377. The zero-order chi connectivity index (χ0) is 14.9. The van der Waals surface area contributed by atoms with Crippen LogP contribution in [0.3, 0.4) is 0 Å². The smallest absolute Gasteiger partial charge is 0.407 e. The predicted molar refractivity (Wildman–Crippen MR) is 70.5 cm³/mol. The summed E-state index contributed by atoms with van der Waals surface area (Å²) in [6.45, 7) is 4.01. The van der Waals surface area contributed by atoms with Gasteiger partial charge in [-0.2, -0.15) is 0 Å². The highest BCUT2D eigenvalue weighted by molar-refractivity contribution is 5.69. The van der Waals surface area contributed by atoms with E-state index in [1.807, 2.05) is 13.8 Å². The third kappa shape index (κ3) is 2.50. The Balaban J connectivity index is 2.47. The molecule has 0 saturated carbocycles. The van der Waals surface area contributed by atoms with Crippen LogP contribution in [-0.4, -0.2) is 26.9 Å². The van der Waals surface area contributed by atoms with Crippen LogP contribution in [0.2, 0.25) is 0 Å². The Labute approximate surface area is 117 Å². The highest BCUT2D eigenvalue weighted by atomic mass is 19.1. The molecule has 20 heavy (non-hydrogen) atoms. The second-order valence-corrected chi connectivity index (χ2v) is 5.37. The Morgan fingerprint density at radius 2 is 1.90 bits per heavy atom. The standard InChI is InChI=1S/C14H18FNO4/c1-14(2)7-20-13(17)16-12(14)8-5-10(18-3)11(19-4)6-9(8)15/h5-6,12H,7H2,1-4H3,(H,16,17)/t12-/m1/s1. The molecule has 0 aromatic heterocycles. The third-order valence-electron chi connectivity index (χ3n) is 3.43. The van der Waals surface area contributed by atoms with E-state index < -0.39 is 23.4 Å². The van der Waals surface area contributed by atoms with Gasteiger partial charge >= 0.3 is 6.09 Å². The molecule has 0 aliphatic carbocycles. The molecule has 1 aromatic carbocycles. The van der Waals surface area contributed by atoms with Crippen molar-refractivity contribution in [2.24, 2.45) is 5.41 Å². The van der Waals surface area contributed by atoms with Gasteiger partial charge in [-0.15, -0.1) is 0 Å². The van der Waals surface area contributed by atoms with Crippen LogP contribution < -0.4 is 14.8 Å². The fourth-order valence-electron chi connectivity index (χ4n) is 2.28. The van der Waals surface area contributed by atoms with Crippen molar-refractivity contribution in [3.8, 4) is 11.5 Å². The van der Waals surface area contributed by atoms with Gasteiger partial charge in [0.05, 0.1) is 20.3 Å². The van der Waals surface area contributed by atoms with Gasteiger partial charge in [0.25, 0.3) is 0 Å². The first-order valence-corrected chi connectivity index (χ1v) is 6.23. The van der Waals surface area contributed by atoms with Gasteiger partial charge in [-0.05, 0) is 6.07 Å². The average Bonchev–Trinajstić information content (AvgIpc) is 2.41. The number of carbonyl (C=O) groups excluding carboxylic acids is 1. The lowest BCUT2D eigenvalue weighted by Gasteiger charge is -2.38. The first kappa shape index (κ1) is 14.4. The maximum atomic E-state index is 14.3. The summed E-state index contributed by atoms with van der Waals surface area (Å²) >= 11 is 0. The predicted octanol–water partition coefficient (Wildman–Crippen LogP) is 2.65. The number of nitrogens with one attached hydrogen (secondary N) is 1. The Morgan fingerprint density at radius 1 is 1.30 bits per heavy atom. The second-order valence-electron chi connectivity index (χ2n) is 5.37. The number of methoxy groups -OCH3 is 2. The molecule has 5 nitrogen and oxygen atoms in total. The van der Waals surface area contributed by atoms with Gasteiger partial charge in [0.2, 0.25) is 0 Å². The summed E-state index contributed by atoms with van der Waals surface area (Å²) in [5.74, 6) is 0.272. The molecule has 110 valence electrons. The summed E-state index contributed by atoms with van der Waals surface area (Å²) in [4.78, 5) is 11.4. The number of hydrogen-bond donors (Lipinski definition) is 1. The maximum absolute atomic E-state index is 14.3. The monoisotopic (exact) mass is 283 g/mol. The lowest BCUT2D eigenvalue weighted by atomic mass is 9.80. The molecule has 1 N–H and O–H groups in total. The SMILES string of the molecule is COc1cc(F)c([C@H]2NC(=O)OCC2(C)C)cc1OC. The van der Waals surface area contributed by atoms with Crippen LogP contribution in [0.1, 0.15) is 25.5 Å². The summed E-state index contributed by atoms with van der Waals surface area (Å²) in [5.41, 5.74) is -0.0850. The summed E-state index contributed by atoms with van der Waals surface area (Å²) in [7, 11) is 2.92. The number of amides is 1. The number of rotatable bonds is 3. The lowest BCUT2D eigenvalue weighted by Crippen LogP contribution is -2.47. The first-order chi connectivity index (χ1) is 9.39. The molecule has 0 radical (unpaired) electrons. The third-order valence-corrected chi connectivity index (χ3v) is 3.43. The average molecular weight is 283 g/mol. The minimum atomic E-state index is -0.552. The molecule has 0 unspecified atom stereocenters. The van der Waals surface area contributed by atoms with Crippen LogP contribution in [-0.2, 0) is 4.74 Å². The molecule has 0 spiro atoms. The van der Waals surface area contributed by atoms with Crippen molar-refractivity contribution in [3.05, 3.63) is 23.5 Å². The van der Waals surface area contributed by atoms with Crippen molar-refractivity contribution in [1.82, 2.24) is 5.32 Å². The van der Waals surface area contributed by atoms with E-state index in [4.69, 9.17) is 14.2 Å². The molecule has 1 aliphatic heterocycles. The molecular weight excluding hydrogens is 265 g/mol. The van der Waals surface area contributed by atoms with Crippen molar-refractivity contribution in [3.63, 3.8) is 0 Å². The minimum absolute atomic E-state index is 0.220. The summed E-state index contributed by atoms with van der Waals surface area (Å²) in [6.07, 6.45) is -0.552. The fraction of sp³-hybridized carbons (Fsp3) is 0.500. The normalized spacial score (nSPS) is 20.9. The van der Waals surface area contributed by atoms with Crippen LogP contribution in [0.15, 0.2) is 12.1 Å². The zero-order valence-corrected chi connectivity index (χ0v) is 12.0. The van der Waals surface area contributed by atoms with E-state index in [1.54, 1.807) is 6.07 Å². The Hall–Kier alpha value is -1.98. The van der Waals surface area contributed by atoms with E-state index >= 15 is 0 Å². The van der Waals surface area contributed by atoms with E-state index in [1.165, 1.54) is 20.3 Å². The van der Waals surface area contributed by atoms with Crippen LogP contribution in [0.4, 0.5) is 9.18 Å². The minimum Gasteiger partial charge on any atom is -0.493 e. The highest BCUT2D eigenvalue weighted by Crippen LogP contribution is 2.41. The molecule has 1 heterocycles. The summed E-state index contributed by atoms with van der Waals surface area (Å²) in [6, 6.07) is 2.31. The van der Waals surface area contributed by atoms with Gasteiger partial charge in [0.15, 0.2) is 11.5 Å². The highest BCUT2D eigenvalue weighted by Gasteiger charge is 2.39. The molecule has 0 bridgehead atoms. The Morgan fingerprint density at radius 3 is 2.50 bits per heavy atom. The number of hydrogen-bond acceptors (Lipinski definition) is 4. The molecule has 1 amide bonds. The van der Waals surface area contributed by atoms with Gasteiger partial charge in [-0.3, -0.25) is 0 Å². The molecule has 1 aromatic rings. The van der Waals surface area contributed by atoms with Crippen molar-refractivity contribution in [2.75, 3.05) is 20.8 Å². The number of halogens is 1.